The Kier molecular flexibility index (Phi) is 6.57. The minimum atomic E-state index is -0.139. The number of thiazole rings is 1. The average molecular weight is 453 g/mol. The van der Waals surface area contributed by atoms with Gasteiger partial charge in [0.25, 0.3) is 5.91 Å². The number of aryl methyl sites for hydroxylation is 1. The number of nitrogens with zero attached hydrogens (tertiary/aromatic N) is 4. The van der Waals surface area contributed by atoms with E-state index in [0.29, 0.717) is 22.1 Å². The monoisotopic (exact) mass is 452 g/mol. The maximum absolute atomic E-state index is 12.2. The molecule has 0 bridgehead atoms. The molecule has 1 fully saturated rings. The zero-order valence-corrected chi connectivity index (χ0v) is 19.6. The molecule has 0 atom stereocenters. The Labute approximate surface area is 192 Å². The summed E-state index contributed by atoms with van der Waals surface area (Å²) in [6.07, 6.45) is 1.88. The van der Waals surface area contributed by atoms with Crippen molar-refractivity contribution in [3.63, 3.8) is 0 Å². The van der Waals surface area contributed by atoms with E-state index < -0.39 is 0 Å². The summed E-state index contributed by atoms with van der Waals surface area (Å²) in [6, 6.07) is 7.77. The average Bonchev–Trinajstić information content (AvgIpc) is 3.28. The summed E-state index contributed by atoms with van der Waals surface area (Å²) in [5.41, 5.74) is 3.96. The van der Waals surface area contributed by atoms with E-state index in [2.05, 4.69) is 44.6 Å². The number of benzene rings is 1. The number of pyridine rings is 1. The molecule has 0 spiro atoms. The van der Waals surface area contributed by atoms with Crippen molar-refractivity contribution in [1.82, 2.24) is 20.2 Å². The normalized spacial score (nSPS) is 14.3. The van der Waals surface area contributed by atoms with Crippen molar-refractivity contribution < 1.29 is 9.53 Å². The van der Waals surface area contributed by atoms with Crippen molar-refractivity contribution in [3.05, 3.63) is 47.0 Å². The van der Waals surface area contributed by atoms with E-state index >= 15 is 0 Å². The van der Waals surface area contributed by atoms with Gasteiger partial charge in [-0.05, 0) is 43.8 Å². The van der Waals surface area contributed by atoms with Crippen LogP contribution in [0.3, 0.4) is 0 Å². The van der Waals surface area contributed by atoms with Crippen LogP contribution in [0.1, 0.15) is 15.9 Å². The summed E-state index contributed by atoms with van der Waals surface area (Å²) in [7, 11) is 5.38. The molecule has 32 heavy (non-hydrogen) atoms. The highest BCUT2D eigenvalue weighted by molar-refractivity contribution is 7.14. The number of rotatable bonds is 6. The van der Waals surface area contributed by atoms with Gasteiger partial charge in [-0.25, -0.2) is 9.97 Å². The van der Waals surface area contributed by atoms with Gasteiger partial charge in [-0.1, -0.05) is 0 Å². The standard InChI is InChI=1S/C23H28N6O2S/c1-15-11-20(31-4)18(12-17(15)22(30)24-2)26-23-27-19(14-32-23)16-5-6-21(25-13-16)29-9-7-28(3)8-10-29/h5-6,11-14H,7-10H2,1-4H3,(H,24,30)(H,26,27). The van der Waals surface area contributed by atoms with Crippen molar-refractivity contribution in [3.8, 4) is 17.0 Å². The highest BCUT2D eigenvalue weighted by atomic mass is 32.1. The van der Waals surface area contributed by atoms with Crippen LogP contribution in [0.2, 0.25) is 0 Å². The fraction of sp³-hybridized carbons (Fsp3) is 0.348. The second kappa shape index (κ2) is 9.54. The van der Waals surface area contributed by atoms with E-state index in [0.717, 1.165) is 48.8 Å². The SMILES string of the molecule is CNC(=O)c1cc(Nc2nc(-c3ccc(N4CCN(C)CC4)nc3)cs2)c(OC)cc1C. The number of hydrogen-bond acceptors (Lipinski definition) is 8. The molecule has 1 aliphatic heterocycles. The van der Waals surface area contributed by atoms with Crippen molar-refractivity contribution in [2.75, 3.05) is 57.6 Å². The smallest absolute Gasteiger partial charge is 0.251 e. The van der Waals surface area contributed by atoms with Crippen LogP contribution >= 0.6 is 11.3 Å². The molecule has 1 aliphatic rings. The molecule has 0 saturated carbocycles. The number of piperazine rings is 1. The molecule has 2 aromatic heterocycles. The van der Waals surface area contributed by atoms with Gasteiger partial charge in [-0.15, -0.1) is 11.3 Å². The second-order valence-electron chi connectivity index (χ2n) is 7.80. The molecule has 0 radical (unpaired) electrons. The van der Waals surface area contributed by atoms with E-state index in [-0.39, 0.29) is 5.91 Å². The van der Waals surface area contributed by atoms with Gasteiger partial charge in [0.05, 0.1) is 18.5 Å². The Hall–Kier alpha value is -3.17. The maximum atomic E-state index is 12.2. The molecule has 9 heteroatoms. The van der Waals surface area contributed by atoms with E-state index in [1.54, 1.807) is 20.2 Å². The van der Waals surface area contributed by atoms with Gasteiger partial charge in [0, 0.05) is 55.9 Å². The van der Waals surface area contributed by atoms with Crippen LogP contribution in [0.25, 0.3) is 11.3 Å². The first-order valence-electron chi connectivity index (χ1n) is 10.5. The number of anilines is 3. The fourth-order valence-corrected chi connectivity index (χ4v) is 4.40. The van der Waals surface area contributed by atoms with Crippen LogP contribution in [0, 0.1) is 6.92 Å². The Morgan fingerprint density at radius 1 is 1.19 bits per heavy atom. The number of methoxy groups -OCH3 is 1. The van der Waals surface area contributed by atoms with Crippen LogP contribution in [0.15, 0.2) is 35.8 Å². The van der Waals surface area contributed by atoms with Crippen LogP contribution in [-0.2, 0) is 0 Å². The summed E-state index contributed by atoms with van der Waals surface area (Å²) in [6.45, 7) is 5.97. The minimum Gasteiger partial charge on any atom is -0.495 e. The number of carbonyl (C=O) groups is 1. The summed E-state index contributed by atoms with van der Waals surface area (Å²) < 4.78 is 5.50. The number of ether oxygens (including phenoxy) is 1. The lowest BCUT2D eigenvalue weighted by Crippen LogP contribution is -2.44. The number of nitrogens with one attached hydrogen (secondary N) is 2. The van der Waals surface area contributed by atoms with Gasteiger partial charge in [0.15, 0.2) is 5.13 Å². The zero-order valence-electron chi connectivity index (χ0n) is 18.8. The van der Waals surface area contributed by atoms with Crippen LogP contribution in [0.5, 0.6) is 5.75 Å². The van der Waals surface area contributed by atoms with Crippen LogP contribution in [0.4, 0.5) is 16.6 Å². The summed E-state index contributed by atoms with van der Waals surface area (Å²) in [4.78, 5) is 26.2. The number of hydrogen-bond donors (Lipinski definition) is 2. The lowest BCUT2D eigenvalue weighted by atomic mass is 10.1. The van der Waals surface area contributed by atoms with Gasteiger partial charge >= 0.3 is 0 Å². The van der Waals surface area contributed by atoms with E-state index in [9.17, 15) is 4.79 Å². The van der Waals surface area contributed by atoms with Crippen molar-refractivity contribution in [2.45, 2.75) is 6.92 Å². The quantitative estimate of drug-likeness (QED) is 0.593. The van der Waals surface area contributed by atoms with Gasteiger partial charge in [-0.2, -0.15) is 0 Å². The van der Waals surface area contributed by atoms with Crippen LogP contribution < -0.4 is 20.3 Å². The van der Waals surface area contributed by atoms with Gasteiger partial charge in [0.2, 0.25) is 0 Å². The first-order chi connectivity index (χ1) is 15.5. The Morgan fingerprint density at radius 2 is 1.97 bits per heavy atom. The largest absolute Gasteiger partial charge is 0.495 e. The number of amides is 1. The molecule has 0 aliphatic carbocycles. The van der Waals surface area contributed by atoms with Crippen molar-refractivity contribution >= 4 is 33.9 Å². The molecule has 168 valence electrons. The molecule has 3 heterocycles. The number of likely N-dealkylation sites (N-methyl/N-ethyl adjacent to an activating group) is 1. The molecule has 8 nitrogen and oxygen atoms in total. The summed E-state index contributed by atoms with van der Waals surface area (Å²) in [5.74, 6) is 1.52. The van der Waals surface area contributed by atoms with Gasteiger partial charge < -0.3 is 25.2 Å². The van der Waals surface area contributed by atoms with E-state index in [1.165, 1.54) is 11.3 Å². The molecule has 2 N–H and O–H groups in total. The third kappa shape index (κ3) is 4.68. The minimum absolute atomic E-state index is 0.139. The lowest BCUT2D eigenvalue weighted by Gasteiger charge is -2.33. The number of aromatic nitrogens is 2. The number of carbonyl (C=O) groups excluding carboxylic acids is 1. The molecule has 3 aromatic rings. The molecule has 1 aromatic carbocycles. The lowest BCUT2D eigenvalue weighted by molar-refractivity contribution is 0.0962. The molecular formula is C23H28N6O2S. The Bertz CT molecular complexity index is 1090. The van der Waals surface area contributed by atoms with Gasteiger partial charge in [-0.3, -0.25) is 4.79 Å². The highest BCUT2D eigenvalue weighted by Gasteiger charge is 2.17. The molecule has 1 saturated heterocycles. The van der Waals surface area contributed by atoms with Gasteiger partial charge in [0.1, 0.15) is 11.6 Å². The molecule has 0 unspecified atom stereocenters. The summed E-state index contributed by atoms with van der Waals surface area (Å²) in [5, 5.41) is 8.68. The predicted octanol–water partition coefficient (Wildman–Crippen LogP) is 3.38. The summed E-state index contributed by atoms with van der Waals surface area (Å²) >= 11 is 1.49. The Balaban J connectivity index is 1.51. The second-order valence-corrected chi connectivity index (χ2v) is 8.66. The third-order valence-electron chi connectivity index (χ3n) is 5.63. The highest BCUT2D eigenvalue weighted by Crippen LogP contribution is 2.33. The molecule has 4 rings (SSSR count). The predicted molar refractivity (Wildman–Crippen MR) is 129 cm³/mol. The topological polar surface area (TPSA) is 82.6 Å². The first-order valence-corrected chi connectivity index (χ1v) is 11.4. The van der Waals surface area contributed by atoms with Crippen molar-refractivity contribution in [1.29, 1.82) is 0 Å². The van der Waals surface area contributed by atoms with Crippen molar-refractivity contribution in [2.24, 2.45) is 0 Å². The zero-order chi connectivity index (χ0) is 22.7. The van der Waals surface area contributed by atoms with Crippen LogP contribution in [-0.4, -0.2) is 68.2 Å². The van der Waals surface area contributed by atoms with E-state index in [1.807, 2.05) is 24.6 Å². The van der Waals surface area contributed by atoms with E-state index in [4.69, 9.17) is 9.72 Å². The fourth-order valence-electron chi connectivity index (χ4n) is 3.67. The maximum Gasteiger partial charge on any atom is 0.251 e. The molecule has 1 amide bonds. The Morgan fingerprint density at radius 3 is 2.62 bits per heavy atom. The third-order valence-corrected chi connectivity index (χ3v) is 6.39. The first kappa shape index (κ1) is 22.0. The molecular weight excluding hydrogens is 424 g/mol.